The third-order valence-electron chi connectivity index (χ3n) is 3.76. The van der Waals surface area contributed by atoms with Crippen LogP contribution in [0.15, 0.2) is 0 Å². The molecule has 126 valence electrons. The fourth-order valence-electron chi connectivity index (χ4n) is 2.29. The van der Waals surface area contributed by atoms with Crippen LogP contribution in [0.1, 0.15) is 88.2 Å². The summed E-state index contributed by atoms with van der Waals surface area (Å²) >= 11 is 0. The smallest absolute Gasteiger partial charge is 0.306 e. The first kappa shape index (κ1) is 16.8. The monoisotopic (exact) mass is 302 g/mol. The molecule has 0 saturated heterocycles. The maximum absolute atomic E-state index is 12.1. The summed E-state index contributed by atoms with van der Waals surface area (Å²) in [6.45, 7) is 3.84. The van der Waals surface area contributed by atoms with E-state index in [1.807, 2.05) is 0 Å². The van der Waals surface area contributed by atoms with E-state index in [0.717, 1.165) is 25.7 Å². The zero-order valence-electron chi connectivity index (χ0n) is 16.0. The number of carbonyl (C=O) groups excluding carboxylic acids is 1. The second kappa shape index (κ2) is 12.0. The molecule has 0 saturated carbocycles. The molecule has 0 rings (SSSR count). The average Bonchev–Trinajstić information content (AvgIpc) is 2.57. The Hall–Kier alpha value is -0.570. The maximum Gasteiger partial charge on any atom is 0.306 e. The number of aliphatic hydroxyl groups excluding tert-OH is 1. The number of ether oxygens (including phenoxy) is 1. The standard InChI is InChI=1S/C18H36O3/c1-5-7-9-11-16(12-10-8-6-2)13-17(20)21-15-18(3,4)14-19/h16,19H,5-15H2,1-4H3/i3D,4D. The van der Waals surface area contributed by atoms with Gasteiger partial charge in [-0.25, -0.2) is 0 Å². The molecule has 0 bridgehead atoms. The molecule has 0 aromatic heterocycles. The topological polar surface area (TPSA) is 46.5 Å². The third-order valence-corrected chi connectivity index (χ3v) is 3.76. The molecule has 0 amide bonds. The van der Waals surface area contributed by atoms with E-state index in [1.165, 1.54) is 25.7 Å². The minimum atomic E-state index is -0.921. The minimum absolute atomic E-state index is 0.0219. The fourth-order valence-corrected chi connectivity index (χ4v) is 2.29. The molecule has 0 aromatic carbocycles. The highest BCUT2D eigenvalue weighted by Gasteiger charge is 2.21. The zero-order valence-corrected chi connectivity index (χ0v) is 14.0. The summed E-state index contributed by atoms with van der Waals surface area (Å²) in [4.78, 5) is 12.1. The second-order valence-corrected chi connectivity index (χ2v) is 6.38. The summed E-state index contributed by atoms with van der Waals surface area (Å²) in [5, 5.41) is 9.33. The van der Waals surface area contributed by atoms with Crippen molar-refractivity contribution >= 4 is 5.97 Å². The van der Waals surface area contributed by atoms with E-state index < -0.39 is 5.41 Å². The predicted octanol–water partition coefficient (Wildman–Crippen LogP) is 4.72. The lowest BCUT2D eigenvalue weighted by molar-refractivity contribution is -0.148. The number of unbranched alkanes of at least 4 members (excludes halogenated alkanes) is 4. The van der Waals surface area contributed by atoms with Gasteiger partial charge in [0.15, 0.2) is 0 Å². The first-order chi connectivity index (χ1) is 11.1. The van der Waals surface area contributed by atoms with Crippen LogP contribution in [0.5, 0.6) is 0 Å². The summed E-state index contributed by atoms with van der Waals surface area (Å²) in [5.74, 6) is 0.124. The van der Waals surface area contributed by atoms with Crippen molar-refractivity contribution in [3.63, 3.8) is 0 Å². The zero-order chi connectivity index (χ0) is 17.6. The molecule has 0 heterocycles. The largest absolute Gasteiger partial charge is 0.465 e. The molecular formula is C18H36O3. The second-order valence-electron chi connectivity index (χ2n) is 6.38. The number of hydrogen-bond donors (Lipinski definition) is 1. The molecule has 0 aliphatic heterocycles. The van der Waals surface area contributed by atoms with Crippen molar-refractivity contribution in [1.29, 1.82) is 0 Å². The van der Waals surface area contributed by atoms with Gasteiger partial charge in [0.1, 0.15) is 0 Å². The summed E-state index contributed by atoms with van der Waals surface area (Å²) in [6.07, 6.45) is 9.61. The van der Waals surface area contributed by atoms with Gasteiger partial charge in [-0.3, -0.25) is 4.79 Å². The third kappa shape index (κ3) is 11.7. The molecule has 3 heteroatoms. The fraction of sp³-hybridized carbons (Fsp3) is 0.944. The highest BCUT2D eigenvalue weighted by molar-refractivity contribution is 5.69. The molecular weight excluding hydrogens is 264 g/mol. The number of carbonyl (C=O) groups is 1. The van der Waals surface area contributed by atoms with Crippen LogP contribution in [0.4, 0.5) is 0 Å². The Morgan fingerprint density at radius 2 is 1.71 bits per heavy atom. The minimum Gasteiger partial charge on any atom is -0.465 e. The van der Waals surface area contributed by atoms with E-state index in [4.69, 9.17) is 7.48 Å². The molecule has 3 nitrogen and oxygen atoms in total. The molecule has 21 heavy (non-hydrogen) atoms. The van der Waals surface area contributed by atoms with Crippen molar-refractivity contribution in [3.8, 4) is 0 Å². The van der Waals surface area contributed by atoms with Crippen molar-refractivity contribution in [1.82, 2.24) is 0 Å². The predicted molar refractivity (Wildman–Crippen MR) is 88.2 cm³/mol. The van der Waals surface area contributed by atoms with Gasteiger partial charge in [-0.15, -0.1) is 0 Å². The lowest BCUT2D eigenvalue weighted by atomic mass is 9.92. The van der Waals surface area contributed by atoms with Gasteiger partial charge >= 0.3 is 5.97 Å². The molecule has 0 aromatic rings. The lowest BCUT2D eigenvalue weighted by Gasteiger charge is -2.22. The Kier molecular flexibility index (Phi) is 9.61. The quantitative estimate of drug-likeness (QED) is 0.396. The van der Waals surface area contributed by atoms with Crippen LogP contribution in [0, 0.1) is 11.3 Å². The van der Waals surface area contributed by atoms with Gasteiger partial charge in [-0.1, -0.05) is 66.2 Å². The van der Waals surface area contributed by atoms with E-state index >= 15 is 0 Å². The van der Waals surface area contributed by atoms with E-state index in [-0.39, 0.29) is 33.0 Å². The van der Waals surface area contributed by atoms with Gasteiger partial charge in [-0.05, 0) is 18.8 Å². The van der Waals surface area contributed by atoms with Crippen molar-refractivity contribution in [2.45, 2.75) is 85.4 Å². The van der Waals surface area contributed by atoms with Crippen molar-refractivity contribution < 1.29 is 17.4 Å². The number of hydrogen-bond acceptors (Lipinski definition) is 3. The van der Waals surface area contributed by atoms with Gasteiger partial charge in [0.05, 0.1) is 13.2 Å². The van der Waals surface area contributed by atoms with Crippen LogP contribution in [0.25, 0.3) is 0 Å². The maximum atomic E-state index is 12.1. The number of aliphatic hydroxyl groups is 1. The Morgan fingerprint density at radius 3 is 2.14 bits per heavy atom. The normalized spacial score (nSPS) is 13.1. The van der Waals surface area contributed by atoms with E-state index in [0.29, 0.717) is 12.3 Å². The van der Waals surface area contributed by atoms with Crippen molar-refractivity contribution in [2.24, 2.45) is 11.3 Å². The lowest BCUT2D eigenvalue weighted by Crippen LogP contribution is -2.26. The van der Waals surface area contributed by atoms with Crippen LogP contribution in [0.2, 0.25) is 0 Å². The Morgan fingerprint density at radius 1 is 1.14 bits per heavy atom. The van der Waals surface area contributed by atoms with Crippen molar-refractivity contribution in [2.75, 3.05) is 13.2 Å². The number of esters is 1. The summed E-state index contributed by atoms with van der Waals surface area (Å²) in [7, 11) is 0. The molecule has 0 aliphatic carbocycles. The Bertz CT molecular complexity index is 276. The molecule has 0 atom stereocenters. The first-order valence-corrected chi connectivity index (χ1v) is 8.42. The van der Waals surface area contributed by atoms with Crippen LogP contribution in [-0.2, 0) is 9.53 Å². The molecule has 0 fully saturated rings. The van der Waals surface area contributed by atoms with Crippen LogP contribution in [-0.4, -0.2) is 24.3 Å². The highest BCUT2D eigenvalue weighted by Crippen LogP contribution is 2.22. The first-order valence-electron chi connectivity index (χ1n) is 9.83. The van der Waals surface area contributed by atoms with E-state index in [1.54, 1.807) is 0 Å². The van der Waals surface area contributed by atoms with Crippen molar-refractivity contribution in [3.05, 3.63) is 0 Å². The van der Waals surface area contributed by atoms with Crippen LogP contribution >= 0.6 is 0 Å². The highest BCUT2D eigenvalue weighted by atomic mass is 16.5. The summed E-state index contributed by atoms with van der Waals surface area (Å²) in [5.41, 5.74) is -0.921. The van der Waals surface area contributed by atoms with E-state index in [2.05, 4.69) is 13.8 Å². The Balaban J connectivity index is 4.33. The van der Waals surface area contributed by atoms with Gasteiger partial charge in [-0.2, -0.15) is 0 Å². The average molecular weight is 302 g/mol. The Labute approximate surface area is 134 Å². The molecule has 0 radical (unpaired) electrons. The van der Waals surface area contributed by atoms with Gasteiger partial charge < -0.3 is 9.84 Å². The molecule has 0 spiro atoms. The molecule has 0 aliphatic rings. The molecule has 0 unspecified atom stereocenters. The summed E-state index contributed by atoms with van der Waals surface area (Å²) < 4.78 is 20.2. The van der Waals surface area contributed by atoms with E-state index in [9.17, 15) is 9.90 Å². The van der Waals surface area contributed by atoms with Gasteiger partial charge in [0.2, 0.25) is 0 Å². The number of rotatable bonds is 13. The van der Waals surface area contributed by atoms with Crippen LogP contribution in [0.3, 0.4) is 0 Å². The van der Waals surface area contributed by atoms with Crippen LogP contribution < -0.4 is 0 Å². The van der Waals surface area contributed by atoms with Gasteiger partial charge in [0, 0.05) is 14.6 Å². The summed E-state index contributed by atoms with van der Waals surface area (Å²) in [6, 6.07) is 0. The molecule has 1 N–H and O–H groups in total. The SMILES string of the molecule is [2H]CC(C[2H])(CO)COC(=O)CC(CCCCC)CCCCC. The van der Waals surface area contributed by atoms with Gasteiger partial charge in [0.25, 0.3) is 0 Å².